The predicted octanol–water partition coefficient (Wildman–Crippen LogP) is 2.79. The third-order valence-corrected chi connectivity index (χ3v) is 7.21. The fourth-order valence-corrected chi connectivity index (χ4v) is 5.00. The van der Waals surface area contributed by atoms with Gasteiger partial charge in [0, 0.05) is 24.7 Å². The van der Waals surface area contributed by atoms with Crippen molar-refractivity contribution in [3.8, 4) is 0 Å². The molecule has 1 heterocycles. The van der Waals surface area contributed by atoms with Crippen molar-refractivity contribution in [1.82, 2.24) is 4.31 Å². The van der Waals surface area contributed by atoms with Crippen LogP contribution < -0.4 is 11.1 Å². The monoisotopic (exact) mass is 435 g/mol. The molecule has 2 aromatic rings. The summed E-state index contributed by atoms with van der Waals surface area (Å²) in [5, 5.41) is 2.93. The smallest absolute Gasteiger partial charge is 0.250 e. The molecule has 3 rings (SSSR count). The van der Waals surface area contributed by atoms with E-state index in [9.17, 15) is 18.0 Å². The van der Waals surface area contributed by atoms with Gasteiger partial charge in [-0.15, -0.1) is 0 Å². The number of carbonyl (C=O) groups excluding carboxylic acids is 2. The number of carbonyl (C=O) groups is 2. The number of nitrogens with two attached hydrogens (primary N) is 1. The number of sulfonamides is 1. The summed E-state index contributed by atoms with van der Waals surface area (Å²) in [4.78, 5) is 24.0. The Kier molecular flexibility index (Phi) is 6.26. The number of piperidine rings is 1. The molecule has 1 saturated heterocycles. The van der Waals surface area contributed by atoms with Gasteiger partial charge < -0.3 is 11.1 Å². The van der Waals surface area contributed by atoms with E-state index in [4.69, 9.17) is 17.3 Å². The van der Waals surface area contributed by atoms with Crippen LogP contribution in [-0.2, 0) is 14.8 Å². The predicted molar refractivity (Wildman–Crippen MR) is 111 cm³/mol. The van der Waals surface area contributed by atoms with Gasteiger partial charge in [-0.2, -0.15) is 4.31 Å². The van der Waals surface area contributed by atoms with E-state index in [1.165, 1.54) is 16.4 Å². The molecule has 1 fully saturated rings. The summed E-state index contributed by atoms with van der Waals surface area (Å²) in [7, 11) is -3.56. The highest BCUT2D eigenvalue weighted by atomic mass is 35.5. The molecule has 0 atom stereocenters. The number of nitrogens with one attached hydrogen (secondary N) is 1. The molecule has 0 unspecified atom stereocenters. The van der Waals surface area contributed by atoms with Gasteiger partial charge in [0.2, 0.25) is 21.8 Å². The molecule has 7 nitrogen and oxygen atoms in total. The molecule has 9 heteroatoms. The van der Waals surface area contributed by atoms with E-state index in [1.54, 1.807) is 30.3 Å². The molecule has 0 aliphatic carbocycles. The van der Waals surface area contributed by atoms with Crippen molar-refractivity contribution in [2.24, 2.45) is 11.7 Å². The van der Waals surface area contributed by atoms with Crippen molar-refractivity contribution in [2.45, 2.75) is 24.7 Å². The minimum absolute atomic E-state index is 0.161. The van der Waals surface area contributed by atoms with Crippen LogP contribution in [0.25, 0.3) is 0 Å². The Hall–Kier alpha value is -2.42. The molecular formula is C20H22ClN3O4S. The summed E-state index contributed by atoms with van der Waals surface area (Å²) < 4.78 is 26.9. The molecule has 2 amide bonds. The van der Waals surface area contributed by atoms with Crippen molar-refractivity contribution < 1.29 is 18.0 Å². The lowest BCUT2D eigenvalue weighted by Crippen LogP contribution is -2.41. The molecule has 0 radical (unpaired) electrons. The number of rotatable bonds is 5. The second-order valence-corrected chi connectivity index (χ2v) is 9.38. The van der Waals surface area contributed by atoms with Gasteiger partial charge >= 0.3 is 0 Å². The third kappa shape index (κ3) is 4.77. The molecular weight excluding hydrogens is 414 g/mol. The Balaban J connectivity index is 1.61. The van der Waals surface area contributed by atoms with Gasteiger partial charge in [-0.1, -0.05) is 29.3 Å². The summed E-state index contributed by atoms with van der Waals surface area (Å²) in [6.45, 7) is 2.44. The highest BCUT2D eigenvalue weighted by Crippen LogP contribution is 2.26. The molecule has 1 aliphatic rings. The van der Waals surface area contributed by atoms with Gasteiger partial charge in [0.05, 0.1) is 15.5 Å². The highest BCUT2D eigenvalue weighted by Gasteiger charge is 2.32. The normalized spacial score (nSPS) is 15.8. The van der Waals surface area contributed by atoms with E-state index in [0.29, 0.717) is 18.5 Å². The fraction of sp³-hybridized carbons (Fsp3) is 0.300. The van der Waals surface area contributed by atoms with Crippen molar-refractivity contribution >= 4 is 39.1 Å². The minimum Gasteiger partial charge on any atom is -0.366 e. The number of halogens is 1. The minimum atomic E-state index is -3.56. The second-order valence-electron chi connectivity index (χ2n) is 7.04. The van der Waals surface area contributed by atoms with Crippen molar-refractivity contribution in [2.75, 3.05) is 18.4 Å². The number of hydrogen-bond acceptors (Lipinski definition) is 4. The molecule has 0 bridgehead atoms. The first kappa shape index (κ1) is 21.3. The lowest BCUT2D eigenvalue weighted by Gasteiger charge is -2.30. The van der Waals surface area contributed by atoms with Crippen LogP contribution in [0.4, 0.5) is 5.69 Å². The zero-order valence-corrected chi connectivity index (χ0v) is 17.5. The molecule has 3 N–H and O–H groups in total. The highest BCUT2D eigenvalue weighted by molar-refractivity contribution is 7.89. The first-order chi connectivity index (χ1) is 13.7. The molecule has 2 aromatic carbocycles. The lowest BCUT2D eigenvalue weighted by molar-refractivity contribution is -0.120. The van der Waals surface area contributed by atoms with E-state index in [-0.39, 0.29) is 40.4 Å². The number of aryl methyl sites for hydroxylation is 1. The van der Waals surface area contributed by atoms with E-state index < -0.39 is 15.9 Å². The van der Waals surface area contributed by atoms with Crippen LogP contribution in [0, 0.1) is 12.8 Å². The van der Waals surface area contributed by atoms with Crippen LogP contribution in [0.1, 0.15) is 28.8 Å². The average Bonchev–Trinajstić information content (AvgIpc) is 2.68. The molecule has 154 valence electrons. The Bertz CT molecular complexity index is 1030. The fourth-order valence-electron chi connectivity index (χ4n) is 3.25. The van der Waals surface area contributed by atoms with Gasteiger partial charge in [-0.25, -0.2) is 8.42 Å². The second kappa shape index (κ2) is 8.52. The molecule has 0 aromatic heterocycles. The van der Waals surface area contributed by atoms with Crippen LogP contribution in [-0.4, -0.2) is 37.6 Å². The van der Waals surface area contributed by atoms with Gasteiger partial charge in [0.1, 0.15) is 0 Å². The number of primary amides is 1. The van der Waals surface area contributed by atoms with Gasteiger partial charge in [-0.05, 0) is 50.1 Å². The molecule has 0 saturated carbocycles. The number of benzene rings is 2. The van der Waals surface area contributed by atoms with Crippen LogP contribution in [0.5, 0.6) is 0 Å². The van der Waals surface area contributed by atoms with Crippen molar-refractivity contribution in [1.29, 1.82) is 0 Å². The maximum atomic E-state index is 12.8. The van der Waals surface area contributed by atoms with Crippen LogP contribution in [0.3, 0.4) is 0 Å². The summed E-state index contributed by atoms with van der Waals surface area (Å²) in [6.07, 6.45) is 0.841. The van der Waals surface area contributed by atoms with Gasteiger partial charge in [0.15, 0.2) is 0 Å². The van der Waals surface area contributed by atoms with Crippen molar-refractivity contribution in [3.05, 3.63) is 58.6 Å². The summed E-state index contributed by atoms with van der Waals surface area (Å²) in [6, 6.07) is 11.2. The maximum Gasteiger partial charge on any atom is 0.250 e. The largest absolute Gasteiger partial charge is 0.366 e. The lowest BCUT2D eigenvalue weighted by atomic mass is 9.97. The van der Waals surface area contributed by atoms with Crippen molar-refractivity contribution in [3.63, 3.8) is 0 Å². The molecule has 1 aliphatic heterocycles. The van der Waals surface area contributed by atoms with E-state index in [0.717, 1.165) is 5.56 Å². The Morgan fingerprint density at radius 2 is 1.72 bits per heavy atom. The Labute approximate surface area is 174 Å². The van der Waals surface area contributed by atoms with Gasteiger partial charge in [0.25, 0.3) is 0 Å². The number of hydrogen-bond donors (Lipinski definition) is 2. The average molecular weight is 436 g/mol. The summed E-state index contributed by atoms with van der Waals surface area (Å²) >= 11 is 6.01. The van der Waals surface area contributed by atoms with E-state index in [2.05, 4.69) is 5.32 Å². The first-order valence-electron chi connectivity index (χ1n) is 9.15. The van der Waals surface area contributed by atoms with E-state index >= 15 is 0 Å². The topological polar surface area (TPSA) is 110 Å². The third-order valence-electron chi connectivity index (χ3n) is 4.99. The van der Waals surface area contributed by atoms with Crippen LogP contribution in [0.15, 0.2) is 47.4 Å². The Morgan fingerprint density at radius 3 is 2.28 bits per heavy atom. The first-order valence-corrected chi connectivity index (χ1v) is 11.0. The summed E-state index contributed by atoms with van der Waals surface area (Å²) in [5.74, 6) is -1.16. The Morgan fingerprint density at radius 1 is 1.10 bits per heavy atom. The number of amides is 2. The maximum absolute atomic E-state index is 12.8. The van der Waals surface area contributed by atoms with Crippen LogP contribution >= 0.6 is 11.6 Å². The quantitative estimate of drug-likeness (QED) is 0.752. The van der Waals surface area contributed by atoms with Crippen LogP contribution in [0.2, 0.25) is 5.02 Å². The number of nitrogens with zero attached hydrogens (tertiary/aromatic N) is 1. The number of anilines is 1. The molecule has 0 spiro atoms. The molecule has 29 heavy (non-hydrogen) atoms. The van der Waals surface area contributed by atoms with E-state index in [1.807, 2.05) is 6.92 Å². The zero-order chi connectivity index (χ0) is 21.2. The van der Waals surface area contributed by atoms with Gasteiger partial charge in [-0.3, -0.25) is 9.59 Å². The summed E-state index contributed by atoms with van der Waals surface area (Å²) in [5.41, 5.74) is 6.84. The standard InChI is InChI=1S/C20H22ClN3O4S/c1-13-2-5-16(6-3-13)29(27,28)24-10-8-14(9-11-24)20(26)23-15-4-7-17(19(22)25)18(21)12-15/h2-7,12,14H,8-11H2,1H3,(H2,22,25)(H,23,26). The SMILES string of the molecule is Cc1ccc(S(=O)(=O)N2CCC(C(=O)Nc3ccc(C(N)=O)c(Cl)c3)CC2)cc1. The zero-order valence-electron chi connectivity index (χ0n) is 15.9.